The van der Waals surface area contributed by atoms with E-state index in [0.717, 1.165) is 6.07 Å². The summed E-state index contributed by atoms with van der Waals surface area (Å²) >= 11 is 0. The Labute approximate surface area is 115 Å². The summed E-state index contributed by atoms with van der Waals surface area (Å²) in [6.45, 7) is 0. The van der Waals surface area contributed by atoms with Gasteiger partial charge in [0.2, 0.25) is 0 Å². The predicted octanol–water partition coefficient (Wildman–Crippen LogP) is 2.95. The van der Waals surface area contributed by atoms with E-state index in [9.17, 15) is 27.7 Å². The van der Waals surface area contributed by atoms with Gasteiger partial charge in [-0.2, -0.15) is 13.8 Å². The van der Waals surface area contributed by atoms with Crippen molar-refractivity contribution in [2.24, 2.45) is 0 Å². The van der Waals surface area contributed by atoms with E-state index in [2.05, 4.69) is 10.9 Å². The van der Waals surface area contributed by atoms with E-state index in [1.165, 1.54) is 18.2 Å². The third kappa shape index (κ3) is 2.97. The van der Waals surface area contributed by atoms with Gasteiger partial charge in [0, 0.05) is 17.7 Å². The van der Waals surface area contributed by atoms with Gasteiger partial charge in [-0.3, -0.25) is 10.1 Å². The van der Waals surface area contributed by atoms with Crippen LogP contribution in [0.4, 0.5) is 23.2 Å². The molecular weight excluding hydrogens is 292 g/mol. The molecule has 0 unspecified atom stereocenters. The smallest absolute Gasteiger partial charge is 0.258 e. The molecule has 4 nitrogen and oxygen atoms in total. The molecule has 0 aliphatic carbocycles. The molecule has 0 spiro atoms. The molecule has 0 bridgehead atoms. The van der Waals surface area contributed by atoms with Crippen LogP contribution in [0.3, 0.4) is 0 Å². The monoisotopic (exact) mass is 296 g/mol. The van der Waals surface area contributed by atoms with Gasteiger partial charge >= 0.3 is 0 Å². The van der Waals surface area contributed by atoms with Crippen molar-refractivity contribution in [2.75, 3.05) is 0 Å². The zero-order valence-corrected chi connectivity index (χ0v) is 10.0. The van der Waals surface area contributed by atoms with Gasteiger partial charge in [0.25, 0.3) is 17.6 Å². The average molecular weight is 296 g/mol. The first-order chi connectivity index (χ1) is 9.90. The average Bonchev–Trinajstić information content (AvgIpc) is 2.45. The van der Waals surface area contributed by atoms with E-state index in [-0.39, 0.29) is 11.3 Å². The summed E-state index contributed by atoms with van der Waals surface area (Å²) in [6.07, 6.45) is 0. The molecule has 2 rings (SSSR count). The van der Waals surface area contributed by atoms with Gasteiger partial charge in [-0.25, -0.2) is 8.78 Å². The summed E-state index contributed by atoms with van der Waals surface area (Å²) < 4.78 is 52.3. The minimum absolute atomic E-state index is 0.0561. The molecule has 0 amide bonds. The van der Waals surface area contributed by atoms with E-state index in [1.807, 2.05) is 5.92 Å². The highest BCUT2D eigenvalue weighted by Crippen LogP contribution is 2.16. The maximum absolute atomic E-state index is 13.3. The van der Waals surface area contributed by atoms with Crippen molar-refractivity contribution in [3.8, 4) is 11.8 Å². The van der Waals surface area contributed by atoms with Crippen LogP contribution < -0.4 is 0 Å². The zero-order chi connectivity index (χ0) is 15.6. The van der Waals surface area contributed by atoms with Gasteiger partial charge in [-0.1, -0.05) is 17.9 Å². The second-order valence-electron chi connectivity index (χ2n) is 3.75. The molecule has 0 saturated heterocycles. The van der Waals surface area contributed by atoms with Gasteiger partial charge in [0.15, 0.2) is 11.6 Å². The van der Waals surface area contributed by atoms with Crippen LogP contribution in [0, 0.1) is 45.5 Å². The van der Waals surface area contributed by atoms with E-state index in [4.69, 9.17) is 0 Å². The van der Waals surface area contributed by atoms with Crippen molar-refractivity contribution in [2.45, 2.75) is 0 Å². The zero-order valence-electron chi connectivity index (χ0n) is 10.0. The maximum Gasteiger partial charge on any atom is 0.270 e. The molecule has 106 valence electrons. The van der Waals surface area contributed by atoms with Gasteiger partial charge in [0.1, 0.15) is 5.56 Å². The molecule has 1 aromatic carbocycles. The first-order valence-electron chi connectivity index (χ1n) is 5.36. The van der Waals surface area contributed by atoms with E-state index >= 15 is 0 Å². The maximum atomic E-state index is 13.3. The Hall–Kier alpha value is -2.95. The van der Waals surface area contributed by atoms with Crippen LogP contribution in [-0.2, 0) is 0 Å². The Morgan fingerprint density at radius 2 is 1.67 bits per heavy atom. The largest absolute Gasteiger partial charge is 0.270 e. The SMILES string of the molecule is O=[N+]([O-])c1cccc(C#Cc2c(F)c(F)nc(F)c2F)c1. The molecular formula is C13H4F4N2O2. The Morgan fingerprint density at radius 3 is 2.24 bits per heavy atom. The van der Waals surface area contributed by atoms with Crippen molar-refractivity contribution < 1.29 is 22.5 Å². The van der Waals surface area contributed by atoms with Crippen LogP contribution in [0.5, 0.6) is 0 Å². The number of nitro benzene ring substituents is 1. The molecule has 0 atom stereocenters. The standard InChI is InChI=1S/C13H4F4N2O2/c14-10-9(11(15)13(17)18-12(10)16)5-4-7-2-1-3-8(6-7)19(20)21/h1-3,6H. The number of nitrogens with zero attached hydrogens (tertiary/aromatic N) is 2. The predicted molar refractivity (Wildman–Crippen MR) is 63.1 cm³/mol. The molecule has 0 saturated carbocycles. The third-order valence-electron chi connectivity index (χ3n) is 2.39. The van der Waals surface area contributed by atoms with E-state index < -0.39 is 34.0 Å². The second-order valence-corrected chi connectivity index (χ2v) is 3.75. The number of aromatic nitrogens is 1. The lowest BCUT2D eigenvalue weighted by Gasteiger charge is -1.99. The fraction of sp³-hybridized carbons (Fsp3) is 0. The highest BCUT2D eigenvalue weighted by atomic mass is 19.2. The first-order valence-corrected chi connectivity index (χ1v) is 5.36. The Kier molecular flexibility index (Phi) is 3.84. The number of hydrogen-bond acceptors (Lipinski definition) is 3. The molecule has 8 heteroatoms. The number of pyridine rings is 1. The highest BCUT2D eigenvalue weighted by Gasteiger charge is 2.19. The minimum Gasteiger partial charge on any atom is -0.258 e. The topological polar surface area (TPSA) is 56.0 Å². The molecule has 1 aromatic heterocycles. The number of nitro groups is 1. The van der Waals surface area contributed by atoms with E-state index in [0.29, 0.717) is 0 Å². The Balaban J connectivity index is 2.49. The molecule has 0 N–H and O–H groups in total. The van der Waals surface area contributed by atoms with Crippen molar-refractivity contribution in [1.29, 1.82) is 0 Å². The lowest BCUT2D eigenvalue weighted by molar-refractivity contribution is -0.384. The molecule has 0 fully saturated rings. The van der Waals surface area contributed by atoms with Crippen molar-refractivity contribution in [3.63, 3.8) is 0 Å². The molecule has 0 radical (unpaired) electrons. The fourth-order valence-electron chi connectivity index (χ4n) is 1.43. The van der Waals surface area contributed by atoms with Crippen LogP contribution in [-0.4, -0.2) is 9.91 Å². The first kappa shape index (κ1) is 14.5. The number of hydrogen-bond donors (Lipinski definition) is 0. The number of halogens is 4. The summed E-state index contributed by atoms with van der Waals surface area (Å²) in [5.41, 5.74) is -1.36. The lowest BCUT2D eigenvalue weighted by Crippen LogP contribution is -2.03. The van der Waals surface area contributed by atoms with Crippen LogP contribution in [0.15, 0.2) is 24.3 Å². The normalized spacial score (nSPS) is 9.90. The fourth-order valence-corrected chi connectivity index (χ4v) is 1.43. The summed E-state index contributed by atoms with van der Waals surface area (Å²) in [6, 6.07) is 4.89. The Bertz CT molecular complexity index is 770. The van der Waals surface area contributed by atoms with Crippen LogP contribution in [0.2, 0.25) is 0 Å². The molecule has 21 heavy (non-hydrogen) atoms. The Morgan fingerprint density at radius 1 is 1.05 bits per heavy atom. The second kappa shape index (κ2) is 5.58. The number of non-ortho nitro benzene ring substituents is 1. The van der Waals surface area contributed by atoms with E-state index in [1.54, 1.807) is 0 Å². The van der Waals surface area contributed by atoms with Crippen molar-refractivity contribution in [3.05, 3.63) is 69.0 Å². The third-order valence-corrected chi connectivity index (χ3v) is 2.39. The van der Waals surface area contributed by atoms with Crippen LogP contribution in [0.25, 0.3) is 0 Å². The van der Waals surface area contributed by atoms with Gasteiger partial charge in [-0.15, -0.1) is 0 Å². The van der Waals surface area contributed by atoms with Gasteiger partial charge in [0.05, 0.1) is 4.92 Å². The number of rotatable bonds is 1. The minimum atomic E-state index is -1.82. The molecule has 0 aliphatic heterocycles. The summed E-state index contributed by atoms with van der Waals surface area (Å²) in [5, 5.41) is 10.6. The van der Waals surface area contributed by atoms with Crippen molar-refractivity contribution in [1.82, 2.24) is 4.98 Å². The van der Waals surface area contributed by atoms with Gasteiger partial charge < -0.3 is 0 Å². The molecule has 2 aromatic rings. The van der Waals surface area contributed by atoms with Crippen LogP contribution >= 0.6 is 0 Å². The molecule has 0 aliphatic rings. The highest BCUT2D eigenvalue weighted by molar-refractivity contribution is 5.47. The summed E-state index contributed by atoms with van der Waals surface area (Å²) in [7, 11) is 0. The van der Waals surface area contributed by atoms with Crippen LogP contribution in [0.1, 0.15) is 11.1 Å². The summed E-state index contributed by atoms with van der Waals surface area (Å²) in [5.74, 6) is -3.00. The lowest BCUT2D eigenvalue weighted by atomic mass is 10.1. The van der Waals surface area contributed by atoms with Gasteiger partial charge in [-0.05, 0) is 6.07 Å². The van der Waals surface area contributed by atoms with Crippen molar-refractivity contribution >= 4 is 5.69 Å². The number of benzene rings is 1. The summed E-state index contributed by atoms with van der Waals surface area (Å²) in [4.78, 5) is 12.3. The quantitative estimate of drug-likeness (QED) is 0.267. The molecule has 1 heterocycles.